The lowest BCUT2D eigenvalue weighted by atomic mass is 10.0. The highest BCUT2D eigenvalue weighted by Crippen LogP contribution is 2.38. The molecule has 0 aromatic rings. The summed E-state index contributed by atoms with van der Waals surface area (Å²) in [7, 11) is 1.10. The summed E-state index contributed by atoms with van der Waals surface area (Å²) >= 11 is 0. The monoisotopic (exact) mass is 1180 g/mol. The summed E-state index contributed by atoms with van der Waals surface area (Å²) in [5, 5.41) is 0. The molecule has 0 spiro atoms. The van der Waals surface area contributed by atoms with Crippen LogP contribution in [0.25, 0.3) is 0 Å². The van der Waals surface area contributed by atoms with Crippen LogP contribution in [0.3, 0.4) is 0 Å². The van der Waals surface area contributed by atoms with Crippen molar-refractivity contribution in [3.8, 4) is 0 Å². The van der Waals surface area contributed by atoms with Gasteiger partial charge in [-0.2, -0.15) is 0 Å². The molecule has 0 aliphatic heterocycles. The van der Waals surface area contributed by atoms with E-state index in [0.29, 0.717) is 23.9 Å². The minimum atomic E-state index is -4.67. The van der Waals surface area contributed by atoms with Gasteiger partial charge in [-0.05, 0) is 122 Å². The Labute approximate surface area is 514 Å². The smallest absolute Gasteiger partial charge is 0.306 e. The molecule has 2 unspecified atom stereocenters. The lowest BCUT2D eigenvalue weighted by Crippen LogP contribution is -2.37. The number of hydrogen-bond acceptors (Lipinski definition) is 8. The van der Waals surface area contributed by atoms with Gasteiger partial charge in [0.1, 0.15) is 19.8 Å². The molecule has 0 aromatic heterocycles. The van der Waals surface area contributed by atoms with Crippen LogP contribution < -0.4 is 4.89 Å². The van der Waals surface area contributed by atoms with Gasteiger partial charge < -0.3 is 27.9 Å². The van der Waals surface area contributed by atoms with E-state index in [-0.39, 0.29) is 26.1 Å². The van der Waals surface area contributed by atoms with E-state index in [1.54, 1.807) is 0 Å². The molecule has 0 aromatic carbocycles. The van der Waals surface area contributed by atoms with Gasteiger partial charge in [0, 0.05) is 12.8 Å². The van der Waals surface area contributed by atoms with Crippen molar-refractivity contribution >= 4 is 19.8 Å². The molecule has 0 saturated heterocycles. The number of phosphoric acid groups is 1. The fraction of sp³-hybridized carbons (Fsp3) is 0.568. The summed E-state index contributed by atoms with van der Waals surface area (Å²) in [5.41, 5.74) is 0. The van der Waals surface area contributed by atoms with Crippen molar-refractivity contribution in [3.63, 3.8) is 0 Å². The lowest BCUT2D eigenvalue weighted by molar-refractivity contribution is -0.870. The Morgan fingerprint density at radius 2 is 0.667 bits per heavy atom. The molecule has 0 saturated carbocycles. The van der Waals surface area contributed by atoms with Crippen molar-refractivity contribution in [2.45, 2.75) is 225 Å². The molecule has 9 nitrogen and oxygen atoms in total. The minimum Gasteiger partial charge on any atom is -0.756 e. The maximum Gasteiger partial charge on any atom is 0.306 e. The topological polar surface area (TPSA) is 111 Å². The predicted octanol–water partition coefficient (Wildman–Crippen LogP) is 20.5. The number of nitrogens with zero attached hydrogens (tertiary/aromatic N) is 1. The Kier molecular flexibility index (Phi) is 59.0. The molecule has 472 valence electrons. The zero-order valence-corrected chi connectivity index (χ0v) is 54.4. The van der Waals surface area contributed by atoms with Crippen LogP contribution in [-0.4, -0.2) is 70.0 Å². The molecular weight excluding hydrogens is 1060 g/mol. The number of unbranched alkanes of at least 4 members (excludes halogenated alkanes) is 13. The molecule has 0 aliphatic rings. The first-order chi connectivity index (χ1) is 41.0. The van der Waals surface area contributed by atoms with Crippen molar-refractivity contribution in [1.82, 2.24) is 0 Å². The summed E-state index contributed by atoms with van der Waals surface area (Å²) in [4.78, 5) is 37.9. The van der Waals surface area contributed by atoms with E-state index >= 15 is 0 Å². The summed E-state index contributed by atoms with van der Waals surface area (Å²) in [6.45, 7) is 3.90. The molecule has 84 heavy (non-hydrogen) atoms. The minimum absolute atomic E-state index is 0.0513. The molecule has 2 atom stereocenters. The average molecular weight is 1180 g/mol. The Balaban J connectivity index is 4.14. The second-order valence-electron chi connectivity index (χ2n) is 22.0. The van der Waals surface area contributed by atoms with Crippen LogP contribution >= 0.6 is 7.82 Å². The number of hydrogen-bond donors (Lipinski definition) is 0. The van der Waals surface area contributed by atoms with Crippen molar-refractivity contribution < 1.29 is 42.1 Å². The number of quaternary nitrogens is 1. The number of likely N-dealkylation sites (N-methyl/N-ethyl adjacent to an activating group) is 1. The van der Waals surface area contributed by atoms with E-state index < -0.39 is 32.5 Å². The first kappa shape index (κ1) is 79.1. The van der Waals surface area contributed by atoms with E-state index in [1.165, 1.54) is 64.2 Å². The van der Waals surface area contributed by atoms with Gasteiger partial charge in [-0.1, -0.05) is 267 Å². The van der Waals surface area contributed by atoms with Gasteiger partial charge in [0.25, 0.3) is 7.82 Å². The molecule has 0 amide bonds. The highest BCUT2D eigenvalue weighted by Gasteiger charge is 2.21. The quantitative estimate of drug-likeness (QED) is 0.0195. The van der Waals surface area contributed by atoms with Crippen LogP contribution in [0.2, 0.25) is 0 Å². The summed E-state index contributed by atoms with van der Waals surface area (Å²) in [5.74, 6) is -0.945. The van der Waals surface area contributed by atoms with Gasteiger partial charge in [-0.3, -0.25) is 14.2 Å². The Bertz CT molecular complexity index is 2070. The lowest BCUT2D eigenvalue weighted by Gasteiger charge is -2.28. The largest absolute Gasteiger partial charge is 0.756 e. The number of carbonyl (C=O) groups is 2. The molecule has 0 bridgehead atoms. The van der Waals surface area contributed by atoms with Gasteiger partial charge in [0.15, 0.2) is 6.10 Å². The molecule has 0 N–H and O–H groups in total. The second kappa shape index (κ2) is 62.6. The van der Waals surface area contributed by atoms with Gasteiger partial charge in [-0.15, -0.1) is 0 Å². The van der Waals surface area contributed by atoms with Crippen LogP contribution in [0.15, 0.2) is 182 Å². The third-order valence-electron chi connectivity index (χ3n) is 12.9. The summed E-state index contributed by atoms with van der Waals surface area (Å²) in [6.07, 6.45) is 96.9. The van der Waals surface area contributed by atoms with E-state index in [4.69, 9.17) is 18.5 Å². The van der Waals surface area contributed by atoms with Crippen LogP contribution in [0, 0.1) is 0 Å². The van der Waals surface area contributed by atoms with Gasteiger partial charge >= 0.3 is 11.9 Å². The van der Waals surface area contributed by atoms with Gasteiger partial charge in [-0.25, -0.2) is 0 Å². The zero-order chi connectivity index (χ0) is 61.2. The first-order valence-corrected chi connectivity index (χ1v) is 34.0. The number of ether oxygens (including phenoxy) is 2. The Morgan fingerprint density at radius 1 is 0.369 bits per heavy atom. The SMILES string of the molecule is CC/C=C\C/C=C\C/C=C\C/C=C\C/C=C\C/C=C\C/C=C\C/C=C\C/C=C\CCCCCCCCCCCCCCCC(=O)OC(COC(=O)CC/C=C\C/C=C\C/C=C\C/C=C\C/C=C\C/C=C\CC)COP(=O)([O-])OCC[N+](C)(C)C. The van der Waals surface area contributed by atoms with Crippen LogP contribution in [0.4, 0.5) is 0 Å². The summed E-state index contributed by atoms with van der Waals surface area (Å²) < 4.78 is 34.1. The van der Waals surface area contributed by atoms with Crippen molar-refractivity contribution in [2.75, 3.05) is 47.5 Å². The highest BCUT2D eigenvalue weighted by atomic mass is 31.2. The molecule has 0 fully saturated rings. The number of esters is 2. The van der Waals surface area contributed by atoms with Crippen molar-refractivity contribution in [2.24, 2.45) is 0 Å². The Morgan fingerprint density at radius 3 is 1.00 bits per heavy atom. The van der Waals surface area contributed by atoms with E-state index in [9.17, 15) is 19.0 Å². The third-order valence-corrected chi connectivity index (χ3v) is 13.9. The summed E-state index contributed by atoms with van der Waals surface area (Å²) in [6, 6.07) is 0. The standard InChI is InChI=1S/C74H118NO8P/c1-6-8-10-12-14-16-18-20-22-24-26-27-28-29-30-31-32-33-34-35-36-37-38-39-40-41-42-43-44-45-46-47-49-51-53-55-57-59-61-63-65-67-74(77)83-72(71-82-84(78,79)81-69-68-75(3,4)5)70-80-73(76)66-64-62-60-58-56-54-52-50-48-25-23-21-19-17-15-13-11-9-7-2/h8-11,14-17,20-23,26-27,29-30,32-33,35-36,38-39,41-42,48,50,54,56,60,62,72H,6-7,12-13,18-19,24-25,28,31,34,37,40,43-47,49,51-53,55,57-59,61,63-71H2,1-5H3/b10-8-,11-9-,16-14-,17-15-,22-20-,23-21-,27-26-,30-29-,33-32-,36-35-,39-38-,42-41-,50-48-,56-54-,62-60-. The van der Waals surface area contributed by atoms with Crippen LogP contribution in [0.1, 0.15) is 219 Å². The van der Waals surface area contributed by atoms with Gasteiger partial charge in [0.2, 0.25) is 0 Å². The number of phosphoric ester groups is 1. The van der Waals surface area contributed by atoms with E-state index in [1.807, 2.05) is 33.3 Å². The van der Waals surface area contributed by atoms with E-state index in [0.717, 1.165) is 116 Å². The molecule has 10 heteroatoms. The van der Waals surface area contributed by atoms with Crippen LogP contribution in [-0.2, 0) is 32.7 Å². The fourth-order valence-electron chi connectivity index (χ4n) is 8.03. The third kappa shape index (κ3) is 66.3. The number of carbonyl (C=O) groups excluding carboxylic acids is 2. The molecule has 0 rings (SSSR count). The second-order valence-corrected chi connectivity index (χ2v) is 23.4. The highest BCUT2D eigenvalue weighted by molar-refractivity contribution is 7.45. The first-order valence-electron chi connectivity index (χ1n) is 32.5. The van der Waals surface area contributed by atoms with E-state index in [2.05, 4.69) is 184 Å². The average Bonchev–Trinajstić information content (AvgIpc) is 3.61. The predicted molar refractivity (Wildman–Crippen MR) is 359 cm³/mol. The Hall–Kier alpha value is -4.89. The van der Waals surface area contributed by atoms with Gasteiger partial charge in [0.05, 0.1) is 27.7 Å². The number of allylic oxidation sites excluding steroid dienone is 30. The molecule has 0 radical (unpaired) electrons. The number of rotatable bonds is 57. The molecule has 0 aliphatic carbocycles. The molecule has 0 heterocycles. The maximum atomic E-state index is 12.8. The molecular formula is C74H118NO8P. The van der Waals surface area contributed by atoms with Crippen LogP contribution in [0.5, 0.6) is 0 Å². The zero-order valence-electron chi connectivity index (χ0n) is 53.5. The maximum absolute atomic E-state index is 12.8. The fourth-order valence-corrected chi connectivity index (χ4v) is 8.76. The van der Waals surface area contributed by atoms with Crippen molar-refractivity contribution in [3.05, 3.63) is 182 Å². The normalized spacial score (nSPS) is 14.4. The van der Waals surface area contributed by atoms with Crippen molar-refractivity contribution in [1.29, 1.82) is 0 Å².